The van der Waals surface area contributed by atoms with Crippen LogP contribution in [-0.2, 0) is 13.1 Å². The molecule has 0 bridgehead atoms. The number of hydrogen-bond acceptors (Lipinski definition) is 1. The van der Waals surface area contributed by atoms with Gasteiger partial charge in [0.05, 0.1) is 0 Å². The summed E-state index contributed by atoms with van der Waals surface area (Å²) in [5, 5.41) is 1.50. The van der Waals surface area contributed by atoms with E-state index in [1.165, 1.54) is 0 Å². The maximum Gasteiger partial charge on any atom is 0.389 e. The molecule has 0 saturated heterocycles. The van der Waals surface area contributed by atoms with E-state index in [-0.39, 0.29) is 6.42 Å². The molecular formula is C13H14ClF3N2. The van der Waals surface area contributed by atoms with E-state index in [0.29, 0.717) is 18.1 Å². The number of rotatable bonds is 4. The Balaban J connectivity index is 2.25. The van der Waals surface area contributed by atoms with Crippen molar-refractivity contribution in [2.75, 3.05) is 0 Å². The zero-order valence-electron chi connectivity index (χ0n) is 10.2. The number of aryl methyl sites for hydroxylation is 1. The van der Waals surface area contributed by atoms with Crippen LogP contribution < -0.4 is 5.73 Å². The van der Waals surface area contributed by atoms with Crippen LogP contribution in [0.3, 0.4) is 0 Å². The third-order valence-corrected chi connectivity index (χ3v) is 3.24. The highest BCUT2D eigenvalue weighted by Gasteiger charge is 2.26. The molecule has 0 atom stereocenters. The summed E-state index contributed by atoms with van der Waals surface area (Å²) in [7, 11) is 0. The topological polar surface area (TPSA) is 30.9 Å². The second-order valence-corrected chi connectivity index (χ2v) is 4.87. The van der Waals surface area contributed by atoms with Crippen LogP contribution in [0.2, 0.25) is 5.02 Å². The summed E-state index contributed by atoms with van der Waals surface area (Å²) < 4.78 is 38.3. The summed E-state index contributed by atoms with van der Waals surface area (Å²) in [6.45, 7) is 0.654. The Labute approximate surface area is 113 Å². The van der Waals surface area contributed by atoms with Gasteiger partial charge in [-0.15, -0.1) is 0 Å². The van der Waals surface area contributed by atoms with Crippen LogP contribution in [0.5, 0.6) is 0 Å². The molecule has 0 saturated carbocycles. The maximum absolute atomic E-state index is 12.2. The molecule has 1 aromatic carbocycles. The summed E-state index contributed by atoms with van der Waals surface area (Å²) in [5.74, 6) is 0. The molecule has 0 aliphatic heterocycles. The monoisotopic (exact) mass is 290 g/mol. The van der Waals surface area contributed by atoms with Crippen molar-refractivity contribution in [3.05, 3.63) is 35.0 Å². The first-order chi connectivity index (χ1) is 8.90. The van der Waals surface area contributed by atoms with E-state index in [9.17, 15) is 13.2 Å². The molecule has 1 heterocycles. The Bertz CT molecular complexity index is 575. The number of nitrogens with two attached hydrogens (primary N) is 1. The Kier molecular flexibility index (Phi) is 4.06. The van der Waals surface area contributed by atoms with Gasteiger partial charge in [-0.3, -0.25) is 0 Å². The zero-order valence-corrected chi connectivity index (χ0v) is 10.9. The van der Waals surface area contributed by atoms with Crippen LogP contribution >= 0.6 is 11.6 Å². The SMILES string of the molecule is NCc1cn(CCCC(F)(F)F)c2cc(Cl)ccc12. The molecule has 0 spiro atoms. The molecule has 2 aromatic rings. The maximum atomic E-state index is 12.2. The number of hydrogen-bond donors (Lipinski definition) is 1. The predicted octanol–water partition coefficient (Wildman–Crippen LogP) is 4.10. The van der Waals surface area contributed by atoms with Crippen molar-refractivity contribution in [1.29, 1.82) is 0 Å². The Morgan fingerprint density at radius 1 is 1.26 bits per heavy atom. The van der Waals surface area contributed by atoms with Crippen LogP contribution in [0.25, 0.3) is 10.9 Å². The van der Waals surface area contributed by atoms with Gasteiger partial charge in [-0.1, -0.05) is 17.7 Å². The first kappa shape index (κ1) is 14.2. The average Bonchev–Trinajstić information content (AvgIpc) is 2.65. The standard InChI is InChI=1S/C13H14ClF3N2/c14-10-2-3-11-9(7-18)8-19(12(11)6-10)5-1-4-13(15,16)17/h2-3,6,8H,1,4-5,7,18H2. The van der Waals surface area contributed by atoms with E-state index >= 15 is 0 Å². The van der Waals surface area contributed by atoms with E-state index in [2.05, 4.69) is 0 Å². The van der Waals surface area contributed by atoms with Crippen LogP contribution in [0.1, 0.15) is 18.4 Å². The van der Waals surface area contributed by atoms with Crippen molar-refractivity contribution in [1.82, 2.24) is 4.57 Å². The normalized spacial score (nSPS) is 12.3. The molecule has 104 valence electrons. The van der Waals surface area contributed by atoms with Crippen LogP contribution in [-0.4, -0.2) is 10.7 Å². The molecule has 0 aliphatic rings. The van der Waals surface area contributed by atoms with E-state index in [0.717, 1.165) is 16.5 Å². The number of nitrogens with zero attached hydrogens (tertiary/aromatic N) is 1. The minimum Gasteiger partial charge on any atom is -0.347 e. The second-order valence-electron chi connectivity index (χ2n) is 4.43. The first-order valence-corrected chi connectivity index (χ1v) is 6.32. The molecule has 0 amide bonds. The van der Waals surface area contributed by atoms with Crippen LogP contribution in [0, 0.1) is 0 Å². The van der Waals surface area contributed by atoms with Gasteiger partial charge in [-0.25, -0.2) is 0 Å². The summed E-state index contributed by atoms with van der Waals surface area (Å²) >= 11 is 5.93. The van der Waals surface area contributed by atoms with Gasteiger partial charge in [0.2, 0.25) is 0 Å². The molecule has 19 heavy (non-hydrogen) atoms. The van der Waals surface area contributed by atoms with Crippen molar-refractivity contribution in [3.63, 3.8) is 0 Å². The van der Waals surface area contributed by atoms with Gasteiger partial charge in [0, 0.05) is 41.6 Å². The highest BCUT2D eigenvalue weighted by molar-refractivity contribution is 6.31. The first-order valence-electron chi connectivity index (χ1n) is 5.95. The highest BCUT2D eigenvalue weighted by Crippen LogP contribution is 2.26. The molecular weight excluding hydrogens is 277 g/mol. The zero-order chi connectivity index (χ0) is 14.0. The Hall–Kier alpha value is -1.20. The lowest BCUT2D eigenvalue weighted by Gasteiger charge is -2.08. The highest BCUT2D eigenvalue weighted by atomic mass is 35.5. The molecule has 2 rings (SSSR count). The van der Waals surface area contributed by atoms with Crippen molar-refractivity contribution in [2.45, 2.75) is 32.1 Å². The fourth-order valence-corrected chi connectivity index (χ4v) is 2.31. The van der Waals surface area contributed by atoms with Gasteiger partial charge in [0.15, 0.2) is 0 Å². The summed E-state index contributed by atoms with van der Waals surface area (Å²) in [6.07, 6.45) is -3.05. The summed E-state index contributed by atoms with van der Waals surface area (Å²) in [6, 6.07) is 5.35. The van der Waals surface area contributed by atoms with Crippen LogP contribution in [0.4, 0.5) is 13.2 Å². The largest absolute Gasteiger partial charge is 0.389 e. The number of aromatic nitrogens is 1. The number of alkyl halides is 3. The van der Waals surface area contributed by atoms with E-state index in [1.807, 2.05) is 6.07 Å². The lowest BCUT2D eigenvalue weighted by molar-refractivity contribution is -0.135. The molecule has 0 unspecified atom stereocenters. The summed E-state index contributed by atoms with van der Waals surface area (Å²) in [4.78, 5) is 0. The third kappa shape index (κ3) is 3.42. The number of fused-ring (bicyclic) bond motifs is 1. The van der Waals surface area contributed by atoms with Crippen molar-refractivity contribution in [3.8, 4) is 0 Å². The lowest BCUT2D eigenvalue weighted by atomic mass is 10.2. The molecule has 2 N–H and O–H groups in total. The fourth-order valence-electron chi connectivity index (χ4n) is 2.14. The number of halogens is 4. The molecule has 1 aromatic heterocycles. The predicted molar refractivity (Wildman–Crippen MR) is 70.1 cm³/mol. The minimum atomic E-state index is -4.11. The van der Waals surface area contributed by atoms with Crippen LogP contribution in [0.15, 0.2) is 24.4 Å². The second kappa shape index (κ2) is 5.43. The van der Waals surface area contributed by atoms with E-state index in [1.54, 1.807) is 22.9 Å². The van der Waals surface area contributed by atoms with Gasteiger partial charge in [0.1, 0.15) is 0 Å². The Morgan fingerprint density at radius 3 is 2.63 bits per heavy atom. The number of benzene rings is 1. The molecule has 0 fully saturated rings. The lowest BCUT2D eigenvalue weighted by Crippen LogP contribution is -2.09. The van der Waals surface area contributed by atoms with Gasteiger partial charge in [-0.05, 0) is 24.1 Å². The van der Waals surface area contributed by atoms with Gasteiger partial charge in [0.25, 0.3) is 0 Å². The minimum absolute atomic E-state index is 0.0454. The van der Waals surface area contributed by atoms with Gasteiger partial charge < -0.3 is 10.3 Å². The quantitative estimate of drug-likeness (QED) is 0.903. The van der Waals surface area contributed by atoms with Gasteiger partial charge >= 0.3 is 6.18 Å². The van der Waals surface area contributed by atoms with E-state index in [4.69, 9.17) is 17.3 Å². The molecule has 0 aliphatic carbocycles. The Morgan fingerprint density at radius 2 is 2.00 bits per heavy atom. The van der Waals surface area contributed by atoms with Crippen molar-refractivity contribution in [2.24, 2.45) is 5.73 Å². The van der Waals surface area contributed by atoms with Crippen molar-refractivity contribution >= 4 is 22.5 Å². The third-order valence-electron chi connectivity index (χ3n) is 3.01. The van der Waals surface area contributed by atoms with E-state index < -0.39 is 12.6 Å². The van der Waals surface area contributed by atoms with Crippen molar-refractivity contribution < 1.29 is 13.2 Å². The summed E-state index contributed by atoms with van der Waals surface area (Å²) in [5.41, 5.74) is 7.38. The average molecular weight is 291 g/mol. The smallest absolute Gasteiger partial charge is 0.347 e. The fraction of sp³-hybridized carbons (Fsp3) is 0.385. The molecule has 2 nitrogen and oxygen atoms in total. The molecule has 0 radical (unpaired) electrons. The molecule has 6 heteroatoms. The van der Waals surface area contributed by atoms with Gasteiger partial charge in [-0.2, -0.15) is 13.2 Å².